The summed E-state index contributed by atoms with van der Waals surface area (Å²) in [4.78, 5) is 35.6. The lowest BCUT2D eigenvalue weighted by Crippen LogP contribution is -2.51. The number of carbonyl (C=O) groups is 2. The van der Waals surface area contributed by atoms with Gasteiger partial charge in [-0.25, -0.2) is 22.9 Å². The topological polar surface area (TPSA) is 137 Å². The zero-order valence-corrected chi connectivity index (χ0v) is 24.2. The minimum Gasteiger partial charge on any atom is -0.444 e. The third-order valence-corrected chi connectivity index (χ3v) is 6.71. The second-order valence-corrected chi connectivity index (χ2v) is 11.5. The summed E-state index contributed by atoms with van der Waals surface area (Å²) in [5.74, 6) is -4.12. The zero-order valence-electron chi connectivity index (χ0n) is 24.2. The van der Waals surface area contributed by atoms with Crippen molar-refractivity contribution in [2.45, 2.75) is 51.9 Å². The molecule has 0 spiro atoms. The van der Waals surface area contributed by atoms with Crippen LogP contribution in [0.25, 0.3) is 11.3 Å². The van der Waals surface area contributed by atoms with Crippen LogP contribution in [-0.4, -0.2) is 63.5 Å². The van der Waals surface area contributed by atoms with Crippen LogP contribution in [0.1, 0.15) is 56.3 Å². The molecule has 10 nitrogen and oxygen atoms in total. The molecular formula is C30H34F3N5O5. The maximum absolute atomic E-state index is 14.8. The average molecular weight is 602 g/mol. The summed E-state index contributed by atoms with van der Waals surface area (Å²) >= 11 is 0. The highest BCUT2D eigenvalue weighted by atomic mass is 19.1. The maximum Gasteiger partial charge on any atom is 0.407 e. The molecule has 0 bridgehead atoms. The van der Waals surface area contributed by atoms with Crippen LogP contribution in [0.5, 0.6) is 0 Å². The Bertz CT molecular complexity index is 1480. The van der Waals surface area contributed by atoms with Gasteiger partial charge in [-0.15, -0.1) is 0 Å². The van der Waals surface area contributed by atoms with E-state index in [0.29, 0.717) is 24.5 Å². The first-order valence-corrected chi connectivity index (χ1v) is 13.7. The third-order valence-electron chi connectivity index (χ3n) is 6.71. The number of anilines is 2. The molecule has 1 aromatic carbocycles. The lowest BCUT2D eigenvalue weighted by atomic mass is 9.95. The van der Waals surface area contributed by atoms with Gasteiger partial charge in [-0.1, -0.05) is 6.92 Å². The fourth-order valence-corrected chi connectivity index (χ4v) is 4.93. The number of benzene rings is 1. The highest BCUT2D eigenvalue weighted by Gasteiger charge is 2.29. The Morgan fingerprint density at radius 1 is 1.12 bits per heavy atom. The number of aromatic nitrogens is 2. The van der Waals surface area contributed by atoms with Crippen molar-refractivity contribution < 1.29 is 37.7 Å². The van der Waals surface area contributed by atoms with E-state index in [1.54, 1.807) is 33.0 Å². The van der Waals surface area contributed by atoms with Crippen molar-refractivity contribution in [2.75, 3.05) is 29.9 Å². The van der Waals surface area contributed by atoms with E-state index in [4.69, 9.17) is 9.84 Å². The molecule has 13 heteroatoms. The Morgan fingerprint density at radius 2 is 1.81 bits per heavy atom. The molecule has 1 aliphatic heterocycles. The largest absolute Gasteiger partial charge is 0.444 e. The van der Waals surface area contributed by atoms with Crippen LogP contribution in [0, 0.1) is 23.4 Å². The summed E-state index contributed by atoms with van der Waals surface area (Å²) in [6.45, 7) is 7.65. The van der Waals surface area contributed by atoms with Gasteiger partial charge in [0.05, 0.1) is 29.7 Å². The number of ether oxygens (including phenoxy) is 1. The van der Waals surface area contributed by atoms with E-state index >= 15 is 0 Å². The van der Waals surface area contributed by atoms with E-state index in [-0.39, 0.29) is 23.2 Å². The molecule has 4 N–H and O–H groups in total. The molecule has 4 rings (SSSR count). The Hall–Kier alpha value is -4.23. The molecule has 1 saturated heterocycles. The van der Waals surface area contributed by atoms with Crippen LogP contribution in [0.4, 0.5) is 29.3 Å². The highest BCUT2D eigenvalue weighted by molar-refractivity contribution is 6.04. The van der Waals surface area contributed by atoms with Crippen LogP contribution in [0.2, 0.25) is 0 Å². The van der Waals surface area contributed by atoms with E-state index < -0.39 is 59.0 Å². The highest BCUT2D eigenvalue weighted by Crippen LogP contribution is 2.32. The van der Waals surface area contributed by atoms with Crippen molar-refractivity contribution >= 4 is 23.4 Å². The number of piperidine rings is 1. The summed E-state index contributed by atoms with van der Waals surface area (Å²) < 4.78 is 49.8. The van der Waals surface area contributed by atoms with Gasteiger partial charge in [-0.2, -0.15) is 0 Å². The number of pyridine rings is 2. The number of alkyl carbamates (subject to hydrolysis) is 1. The molecule has 2 unspecified atom stereocenters. The standard InChI is InChI=1S/C30H34F3N5O5/c1-16-9-18(35-29(42)43-30(2,3)4)14-38(13-16)24-7-8-34-12-23(24)37-28(41)22-6-5-19(31)27(36-22)26-20(32)10-17(11-21(26)33)25(40)15-39/h5-8,10-12,16,18,25,39-40H,9,13-15H2,1-4H3,(H,35,42)(H,37,41)/t16?,18-,25?/m0/s1. The molecule has 1 fully saturated rings. The Kier molecular flexibility index (Phi) is 9.55. The van der Waals surface area contributed by atoms with Crippen molar-refractivity contribution in [1.29, 1.82) is 0 Å². The second kappa shape index (κ2) is 13.0. The van der Waals surface area contributed by atoms with E-state index in [2.05, 4.69) is 20.6 Å². The van der Waals surface area contributed by atoms with Gasteiger partial charge >= 0.3 is 6.09 Å². The predicted molar refractivity (Wildman–Crippen MR) is 153 cm³/mol. The fraction of sp³-hybridized carbons (Fsp3) is 0.400. The zero-order chi connectivity index (χ0) is 31.5. The molecule has 3 atom stereocenters. The number of aliphatic hydroxyl groups excluding tert-OH is 2. The number of hydrogen-bond donors (Lipinski definition) is 4. The first kappa shape index (κ1) is 31.7. The molecule has 2 amide bonds. The van der Waals surface area contributed by atoms with E-state index in [0.717, 1.165) is 30.7 Å². The number of halogens is 3. The molecule has 43 heavy (non-hydrogen) atoms. The van der Waals surface area contributed by atoms with Crippen molar-refractivity contribution in [1.82, 2.24) is 15.3 Å². The van der Waals surface area contributed by atoms with Crippen LogP contribution in [-0.2, 0) is 4.74 Å². The van der Waals surface area contributed by atoms with E-state index in [1.807, 2.05) is 11.8 Å². The lowest BCUT2D eigenvalue weighted by Gasteiger charge is -2.39. The molecule has 0 saturated carbocycles. The number of aliphatic hydroxyl groups is 2. The average Bonchev–Trinajstić information content (AvgIpc) is 2.92. The van der Waals surface area contributed by atoms with Crippen molar-refractivity contribution in [3.63, 3.8) is 0 Å². The predicted octanol–water partition coefficient (Wildman–Crippen LogP) is 4.58. The molecule has 0 aliphatic carbocycles. The summed E-state index contributed by atoms with van der Waals surface area (Å²) in [7, 11) is 0. The number of carbonyl (C=O) groups excluding carboxylic acids is 2. The summed E-state index contributed by atoms with van der Waals surface area (Å²) in [6.07, 6.45) is 1.64. The van der Waals surface area contributed by atoms with E-state index in [1.165, 1.54) is 6.20 Å². The minimum absolute atomic E-state index is 0.182. The van der Waals surface area contributed by atoms with Crippen LogP contribution >= 0.6 is 0 Å². The molecule has 3 heterocycles. The van der Waals surface area contributed by atoms with Crippen LogP contribution in [0.15, 0.2) is 42.7 Å². The van der Waals surface area contributed by atoms with Gasteiger partial charge in [0.25, 0.3) is 5.91 Å². The minimum atomic E-state index is -1.53. The monoisotopic (exact) mass is 601 g/mol. The number of hydrogen-bond acceptors (Lipinski definition) is 8. The second-order valence-electron chi connectivity index (χ2n) is 11.5. The molecule has 2 aromatic heterocycles. The Balaban J connectivity index is 1.57. The van der Waals surface area contributed by atoms with Gasteiger partial charge in [0.2, 0.25) is 0 Å². The van der Waals surface area contributed by atoms with Crippen LogP contribution < -0.4 is 15.5 Å². The molecule has 0 radical (unpaired) electrons. The van der Waals surface area contributed by atoms with Crippen molar-refractivity contribution in [3.8, 4) is 11.3 Å². The number of nitrogens with one attached hydrogen (secondary N) is 2. The van der Waals surface area contributed by atoms with Crippen LogP contribution in [0.3, 0.4) is 0 Å². The summed E-state index contributed by atoms with van der Waals surface area (Å²) in [5.41, 5.74) is -1.84. The van der Waals surface area contributed by atoms with Gasteiger partial charge in [0.15, 0.2) is 0 Å². The molecule has 3 aromatic rings. The summed E-state index contributed by atoms with van der Waals surface area (Å²) in [6, 6.07) is 4.95. The molecule has 1 aliphatic rings. The van der Waals surface area contributed by atoms with Crippen molar-refractivity contribution in [2.24, 2.45) is 5.92 Å². The third kappa shape index (κ3) is 7.79. The number of amides is 2. The Labute approximate surface area is 246 Å². The van der Waals surface area contributed by atoms with Gasteiger partial charge in [0.1, 0.15) is 40.5 Å². The fourth-order valence-electron chi connectivity index (χ4n) is 4.93. The summed E-state index contributed by atoms with van der Waals surface area (Å²) in [5, 5.41) is 24.4. The number of rotatable bonds is 7. The lowest BCUT2D eigenvalue weighted by molar-refractivity contribution is 0.0495. The Morgan fingerprint density at radius 3 is 2.47 bits per heavy atom. The first-order valence-electron chi connectivity index (χ1n) is 13.7. The van der Waals surface area contributed by atoms with Gasteiger partial charge in [0, 0.05) is 25.3 Å². The van der Waals surface area contributed by atoms with Gasteiger partial charge in [-0.05, 0) is 69.0 Å². The normalized spacial score (nSPS) is 17.7. The van der Waals surface area contributed by atoms with E-state index in [9.17, 15) is 27.9 Å². The number of nitrogens with zero attached hydrogens (tertiary/aromatic N) is 3. The first-order chi connectivity index (χ1) is 20.3. The molecular weight excluding hydrogens is 567 g/mol. The van der Waals surface area contributed by atoms with Gasteiger partial charge in [-0.3, -0.25) is 9.78 Å². The van der Waals surface area contributed by atoms with Crippen molar-refractivity contribution in [3.05, 3.63) is 71.4 Å². The maximum atomic E-state index is 14.8. The SMILES string of the molecule is CC1C[C@H](NC(=O)OC(C)(C)C)CN(c2ccncc2NC(=O)c2ccc(F)c(-c3c(F)cc(C(O)CO)cc3F)n2)C1. The smallest absolute Gasteiger partial charge is 0.407 e. The van der Waals surface area contributed by atoms with Gasteiger partial charge < -0.3 is 30.5 Å². The molecule has 230 valence electrons. The quantitative estimate of drug-likeness (QED) is 0.309.